The van der Waals surface area contributed by atoms with Crippen molar-refractivity contribution in [2.45, 2.75) is 199 Å². The summed E-state index contributed by atoms with van der Waals surface area (Å²) in [6.45, 7) is 56.1. The number of nitrogens with one attached hydrogen (secondary N) is 11. The summed E-state index contributed by atoms with van der Waals surface area (Å²) in [7, 11) is 3.56. The van der Waals surface area contributed by atoms with Gasteiger partial charge in [0.2, 0.25) is 41.4 Å². The van der Waals surface area contributed by atoms with E-state index in [-0.39, 0.29) is 33.2 Å². The molecule has 0 saturated carbocycles. The minimum atomic E-state index is -0.118. The third-order valence-corrected chi connectivity index (χ3v) is 18.9. The predicted octanol–water partition coefficient (Wildman–Crippen LogP) is 27.4. The number of ether oxygens (including phenoxy) is 1. The lowest BCUT2D eigenvalue weighted by molar-refractivity contribution is 0.415. The molecular weight excluding hydrogens is 1710 g/mol. The number of aryl methyl sites for hydroxylation is 6. The molecular formula is C97H120Cl5N25O. The van der Waals surface area contributed by atoms with E-state index in [1.54, 1.807) is 56.0 Å². The number of aromatic nitrogens is 12. The third-order valence-electron chi connectivity index (χ3n) is 17.3. The van der Waals surface area contributed by atoms with E-state index in [1.807, 2.05) is 184 Å². The second-order valence-electron chi connectivity index (χ2n) is 36.4. The Bertz CT molecular complexity index is 5890. The standard InChI is InChI=1S/C19H22N4.C17H23ClN4O.C16H18ClN5.C15H18Cl2N4.C15H19ClN4.C15H20N4/c1-13-12-20-18(23-19(2,3)4)22-17(13)21-16-11-7-9-14-8-5-6-10-15(14)16;1-11-10-19-16(21-17(2,3)4)20-15(11)22(5)12-7-8-13(18)14(9-12)23-6;1-10-9-19-15(22-16(2,3)4)21-14(10)20-11-6-7-13(18-5)12(17)8-11;1-9-8-18-14(21-15(2,3)4)20-13(9)19-10-5-6-11(16)12(17)7-10;1-10-9-17-14(20-15(2,3)4)19-13(10)18-12-7-5-11(16)6-8-12;1-11-10-16-14(19-15(2,3)4)18-13(11)17-12-8-6-5-7-9-12/h5-12H,1-4H3,(H2,20,21,22,23);7-10H,1-6H3,(H,19,20,21);6-9H,1-4H3,(H2,19,20,21,22);5-8H,1-4H3,(H2,18,19,20,21);5-9H,1-4H3,(H2,17,18,19,20);5-10H,1-4H3,(H2,16,17,18,19). The van der Waals surface area contributed by atoms with Crippen LogP contribution in [0.5, 0.6) is 5.75 Å². The summed E-state index contributed by atoms with van der Waals surface area (Å²) < 4.78 is 5.29. The van der Waals surface area contributed by atoms with Crippen LogP contribution in [0.1, 0.15) is 158 Å². The first-order chi connectivity index (χ1) is 59.9. The first-order valence-electron chi connectivity index (χ1n) is 41.5. The van der Waals surface area contributed by atoms with Crippen LogP contribution in [-0.2, 0) is 0 Å². The molecule has 0 aliphatic carbocycles. The number of nitrogens with zero attached hydrogens (tertiary/aromatic N) is 14. The van der Waals surface area contributed by atoms with Gasteiger partial charge in [0.25, 0.3) is 0 Å². The zero-order valence-corrected chi connectivity index (χ0v) is 81.7. The topological polar surface area (TPSA) is 304 Å². The molecule has 0 bridgehead atoms. The van der Waals surface area contributed by atoms with Crippen LogP contribution in [0.15, 0.2) is 189 Å². The van der Waals surface area contributed by atoms with E-state index in [2.05, 4.69) is 257 Å². The Hall–Kier alpha value is -12.4. The smallest absolute Gasteiger partial charge is 0.225 e. The summed E-state index contributed by atoms with van der Waals surface area (Å²) in [4.78, 5) is 58.5. The van der Waals surface area contributed by atoms with E-state index in [0.717, 1.165) is 96.6 Å². The zero-order valence-electron chi connectivity index (χ0n) is 78.0. The van der Waals surface area contributed by atoms with Gasteiger partial charge in [-0.2, -0.15) is 29.9 Å². The number of anilines is 18. The van der Waals surface area contributed by atoms with Gasteiger partial charge in [-0.1, -0.05) is 119 Å². The van der Waals surface area contributed by atoms with Crippen LogP contribution in [0.2, 0.25) is 25.1 Å². The molecule has 674 valence electrons. The summed E-state index contributed by atoms with van der Waals surface area (Å²) in [6, 6.07) is 48.3. The van der Waals surface area contributed by atoms with Crippen LogP contribution in [0.4, 0.5) is 110 Å². The molecule has 0 saturated heterocycles. The van der Waals surface area contributed by atoms with Gasteiger partial charge in [0.05, 0.1) is 28.7 Å². The molecule has 0 unspecified atom stereocenters. The average Bonchev–Trinajstić information content (AvgIpc) is 0.814. The fourth-order valence-electron chi connectivity index (χ4n) is 11.3. The van der Waals surface area contributed by atoms with E-state index in [1.165, 1.54) is 10.8 Å². The number of hydrogen-bond donors (Lipinski definition) is 11. The van der Waals surface area contributed by atoms with Gasteiger partial charge in [-0.05, 0) is 256 Å². The molecule has 31 heteroatoms. The number of para-hydroxylation sites is 1. The normalized spacial score (nSPS) is 11.2. The number of hydrogen-bond acceptors (Lipinski definition) is 25. The van der Waals surface area contributed by atoms with Crippen molar-refractivity contribution in [3.8, 4) is 5.75 Å². The molecule has 0 aliphatic heterocycles. The second-order valence-corrected chi connectivity index (χ2v) is 38.5. The van der Waals surface area contributed by atoms with Gasteiger partial charge in [-0.15, -0.1) is 0 Å². The lowest BCUT2D eigenvalue weighted by atomic mass is 10.1. The number of halogens is 5. The van der Waals surface area contributed by atoms with E-state index >= 15 is 0 Å². The van der Waals surface area contributed by atoms with E-state index in [0.29, 0.717) is 78.1 Å². The van der Waals surface area contributed by atoms with Crippen LogP contribution in [0.3, 0.4) is 0 Å². The molecule has 7 aromatic carbocycles. The Kier molecular flexibility index (Phi) is 35.4. The fourth-order valence-corrected chi connectivity index (χ4v) is 12.1. The molecule has 11 N–H and O–H groups in total. The molecule has 0 fully saturated rings. The first-order valence-corrected chi connectivity index (χ1v) is 43.4. The SMILES string of the molecule is COc1cc(N(C)c2nc(NC(C)(C)C)ncc2C)ccc1Cl.Cc1cnc(NC(C)(C)C)nc1Nc1ccc(Cl)c(Cl)c1.Cc1cnc(NC(C)(C)C)nc1Nc1ccc(Cl)cc1.Cc1cnc(NC(C)(C)C)nc1Nc1cccc2ccccc12.Cc1cnc(NC(C)(C)C)nc1Nc1ccccc1.[C-]#[N+]c1ccc(Nc2nc(NC(C)(C)C)ncc2C)cc1Cl. The van der Waals surface area contributed by atoms with Gasteiger partial charge in [-0.3, -0.25) is 0 Å². The van der Waals surface area contributed by atoms with Crippen molar-refractivity contribution in [3.05, 3.63) is 259 Å². The van der Waals surface area contributed by atoms with Crippen molar-refractivity contribution in [3.63, 3.8) is 0 Å². The second kappa shape index (κ2) is 44.9. The third kappa shape index (κ3) is 34.1. The Labute approximate surface area is 779 Å². The molecule has 128 heavy (non-hydrogen) atoms. The van der Waals surface area contributed by atoms with Crippen LogP contribution in [0, 0.1) is 48.1 Å². The van der Waals surface area contributed by atoms with Gasteiger partial charge in [0.15, 0.2) is 0 Å². The quantitative estimate of drug-likeness (QED) is 0.0335. The summed E-state index contributed by atoms with van der Waals surface area (Å²) in [5.41, 5.74) is 11.3. The summed E-state index contributed by atoms with van der Waals surface area (Å²) in [6.07, 6.45) is 10.8. The van der Waals surface area contributed by atoms with Crippen molar-refractivity contribution in [2.24, 2.45) is 0 Å². The molecule has 0 atom stereocenters. The summed E-state index contributed by atoms with van der Waals surface area (Å²) >= 11 is 30.0. The lowest BCUT2D eigenvalue weighted by Crippen LogP contribution is -2.28. The van der Waals surface area contributed by atoms with Crippen LogP contribution < -0.4 is 68.1 Å². The predicted molar refractivity (Wildman–Crippen MR) is 539 cm³/mol. The van der Waals surface area contributed by atoms with Crippen molar-refractivity contribution in [1.29, 1.82) is 0 Å². The molecule has 0 spiro atoms. The maximum Gasteiger partial charge on any atom is 0.225 e. The Balaban J connectivity index is 0.000000190. The highest BCUT2D eigenvalue weighted by molar-refractivity contribution is 6.42. The number of benzene rings is 7. The van der Waals surface area contributed by atoms with Crippen LogP contribution in [-0.4, -0.2) is 107 Å². The molecule has 0 radical (unpaired) electrons. The van der Waals surface area contributed by atoms with Crippen molar-refractivity contribution >= 4 is 179 Å². The Morgan fingerprint density at radius 3 is 1.05 bits per heavy atom. The minimum Gasteiger partial charge on any atom is -0.495 e. The highest BCUT2D eigenvalue weighted by Gasteiger charge is 2.21. The molecule has 6 aromatic heterocycles. The first kappa shape index (κ1) is 101. The van der Waals surface area contributed by atoms with E-state index < -0.39 is 0 Å². The van der Waals surface area contributed by atoms with Gasteiger partial charge < -0.3 is 68.1 Å². The van der Waals surface area contributed by atoms with Gasteiger partial charge in [0, 0.05) is 166 Å². The molecule has 0 amide bonds. The Morgan fingerprint density at radius 2 is 0.664 bits per heavy atom. The van der Waals surface area contributed by atoms with Gasteiger partial charge in [-0.25, -0.2) is 34.7 Å². The molecule has 0 aliphatic rings. The lowest BCUT2D eigenvalue weighted by Gasteiger charge is -2.24. The number of rotatable bonds is 19. The minimum absolute atomic E-state index is 0.0563. The number of fused-ring (bicyclic) bond motifs is 1. The molecule has 13 aromatic rings. The number of methoxy groups -OCH3 is 1. The summed E-state index contributed by atoms with van der Waals surface area (Å²) in [5.74, 6) is 8.95. The van der Waals surface area contributed by atoms with E-state index in [9.17, 15) is 0 Å². The highest BCUT2D eigenvalue weighted by Crippen LogP contribution is 2.36. The van der Waals surface area contributed by atoms with Gasteiger partial charge in [0.1, 0.15) is 40.7 Å². The maximum atomic E-state index is 7.01. The highest BCUT2D eigenvalue weighted by atomic mass is 35.5. The van der Waals surface area contributed by atoms with Crippen molar-refractivity contribution in [1.82, 2.24) is 59.8 Å². The Morgan fingerprint density at radius 1 is 0.328 bits per heavy atom. The fraction of sp³-hybridized carbons (Fsp3) is 0.330. The van der Waals surface area contributed by atoms with Crippen LogP contribution in [0.25, 0.3) is 15.6 Å². The van der Waals surface area contributed by atoms with Crippen molar-refractivity contribution in [2.75, 3.05) is 77.5 Å². The average molecular weight is 1830 g/mol. The monoisotopic (exact) mass is 1830 g/mol. The van der Waals surface area contributed by atoms with Crippen molar-refractivity contribution < 1.29 is 4.74 Å². The maximum absolute atomic E-state index is 7.01. The van der Waals surface area contributed by atoms with E-state index in [4.69, 9.17) is 69.3 Å². The zero-order chi connectivity index (χ0) is 94.2. The van der Waals surface area contributed by atoms with Crippen LogP contribution >= 0.6 is 58.0 Å². The molecule has 13 rings (SSSR count). The summed E-state index contributed by atoms with van der Waals surface area (Å²) in [5, 5.41) is 41.2. The molecule has 6 heterocycles. The molecule has 26 nitrogen and oxygen atoms in total. The largest absolute Gasteiger partial charge is 0.495 e. The van der Waals surface area contributed by atoms with Gasteiger partial charge >= 0.3 is 0 Å².